The fourth-order valence-electron chi connectivity index (χ4n) is 1.46. The molecule has 0 saturated carbocycles. The largest absolute Gasteiger partial charge is 2.00 e. The van der Waals surface area contributed by atoms with Crippen molar-refractivity contribution in [2.45, 2.75) is 13.3 Å². The average Bonchev–Trinajstić information content (AvgIpc) is 2.81. The maximum absolute atomic E-state index is 12.0. The zero-order valence-electron chi connectivity index (χ0n) is 11.3. The van der Waals surface area contributed by atoms with Gasteiger partial charge in [-0.25, -0.2) is 17.1 Å². The third kappa shape index (κ3) is 5.66. The zero-order chi connectivity index (χ0) is 15.5. The predicted molar refractivity (Wildman–Crippen MR) is 68.6 cm³/mol. The molecule has 112 valence electrons. The topological polar surface area (TPSA) is 73.1 Å². The van der Waals surface area contributed by atoms with Gasteiger partial charge in [0.1, 0.15) is 11.6 Å². The van der Waals surface area contributed by atoms with Gasteiger partial charge in [0.15, 0.2) is 0 Å². The van der Waals surface area contributed by atoms with Crippen LogP contribution >= 0.6 is 0 Å². The summed E-state index contributed by atoms with van der Waals surface area (Å²) < 4.78 is 39.7. The number of allylic oxidation sites excluding steroid dienone is 1. The van der Waals surface area contributed by atoms with Gasteiger partial charge in [-0.1, -0.05) is 12.1 Å². The zero-order valence-corrected chi connectivity index (χ0v) is 15.4. The van der Waals surface area contributed by atoms with Crippen LogP contribution in [0.15, 0.2) is 30.3 Å². The van der Waals surface area contributed by atoms with E-state index < -0.39 is 6.36 Å². The Labute approximate surface area is 147 Å². The van der Waals surface area contributed by atoms with Gasteiger partial charge in [0.05, 0.1) is 5.82 Å². The summed E-state index contributed by atoms with van der Waals surface area (Å²) in [4.78, 5) is 3.95. The number of hydrogen-bond acceptors (Lipinski definition) is 3. The summed E-state index contributed by atoms with van der Waals surface area (Å²) in [5, 5.41) is 16.1. The van der Waals surface area contributed by atoms with Crippen molar-refractivity contribution < 1.29 is 49.0 Å². The van der Waals surface area contributed by atoms with Crippen molar-refractivity contribution in [1.29, 1.82) is 0 Å². The molecule has 2 rings (SSSR count). The third-order valence-electron chi connectivity index (χ3n) is 2.33. The molecule has 0 unspecified atom stereocenters. The molecular formula is C13H9F3N4OU. The Morgan fingerprint density at radius 3 is 2.45 bits per heavy atom. The first kappa shape index (κ1) is 18.5. The second-order valence-corrected chi connectivity index (χ2v) is 3.98. The molecule has 0 bridgehead atoms. The molecule has 1 heterocycles. The van der Waals surface area contributed by atoms with Gasteiger partial charge in [-0.2, -0.15) is 5.10 Å². The van der Waals surface area contributed by atoms with E-state index in [9.17, 15) is 18.6 Å². The van der Waals surface area contributed by atoms with Crippen molar-refractivity contribution in [1.82, 2.24) is 15.2 Å². The number of nitrogens with zero attached hydrogens (tertiary/aromatic N) is 3. The van der Waals surface area contributed by atoms with Crippen molar-refractivity contribution in [3.63, 3.8) is 0 Å². The van der Waals surface area contributed by atoms with Crippen LogP contribution in [0.1, 0.15) is 17.2 Å². The molecule has 0 spiro atoms. The number of benzene rings is 1. The first-order chi connectivity index (χ1) is 9.83. The number of halogens is 3. The molecule has 0 saturated heterocycles. The third-order valence-corrected chi connectivity index (χ3v) is 2.33. The van der Waals surface area contributed by atoms with Gasteiger partial charge in [0.25, 0.3) is 0 Å². The number of hydrogen-bond donors (Lipinski definition) is 1. The minimum Gasteiger partial charge on any atom is -0.904 e. The van der Waals surface area contributed by atoms with E-state index in [1.807, 2.05) is 0 Å². The molecule has 22 heavy (non-hydrogen) atoms. The van der Waals surface area contributed by atoms with Crippen molar-refractivity contribution in [3.8, 4) is 5.75 Å². The number of alkyl halides is 3. The van der Waals surface area contributed by atoms with Crippen molar-refractivity contribution in [3.05, 3.63) is 59.0 Å². The summed E-state index contributed by atoms with van der Waals surface area (Å²) in [5.41, 5.74) is 0.135. The molecule has 9 heteroatoms. The summed E-state index contributed by atoms with van der Waals surface area (Å²) in [6.07, 6.45) is -0.845. The normalized spacial score (nSPS) is 11.3. The summed E-state index contributed by atoms with van der Waals surface area (Å²) in [6, 6.07) is 4.79. The first-order valence-electron chi connectivity index (χ1n) is 5.74. The smallest absolute Gasteiger partial charge is 0.904 e. The summed E-state index contributed by atoms with van der Waals surface area (Å²) in [5.74, 6) is 0.494. The van der Waals surface area contributed by atoms with E-state index in [0.717, 1.165) is 12.1 Å². The Morgan fingerprint density at radius 1 is 1.32 bits per heavy atom. The van der Waals surface area contributed by atoms with Crippen LogP contribution in [0.5, 0.6) is 5.75 Å². The number of nitrogens with one attached hydrogen (secondary N) is 1. The van der Waals surface area contributed by atoms with E-state index in [1.165, 1.54) is 18.2 Å². The Kier molecular flexibility index (Phi) is 6.38. The maximum Gasteiger partial charge on any atom is 2.00 e. The van der Waals surface area contributed by atoms with Crippen molar-refractivity contribution in [2.75, 3.05) is 0 Å². The molecule has 0 aliphatic carbocycles. The average molecular weight is 532 g/mol. The number of H-pyrrole nitrogens is 1. The van der Waals surface area contributed by atoms with E-state index in [4.69, 9.17) is 0 Å². The van der Waals surface area contributed by atoms with Crippen molar-refractivity contribution in [2.24, 2.45) is 0 Å². The van der Waals surface area contributed by atoms with Gasteiger partial charge in [-0.3, -0.25) is 5.10 Å². The van der Waals surface area contributed by atoms with E-state index in [0.29, 0.717) is 17.2 Å². The molecule has 1 aromatic carbocycles. The van der Waals surface area contributed by atoms with Crippen LogP contribution in [0.4, 0.5) is 13.2 Å². The van der Waals surface area contributed by atoms with E-state index in [-0.39, 0.29) is 42.6 Å². The standard InChI is InChI=1S/C13H9F3N4O.U/c1-8-18-12(20-19-8)7-6-11(17)9-2-4-10(5-3-9)21-13(14,15)16;/h2-6H,1H3,(H,18,19,20);/q-2;+2. The Hall–Kier alpha value is -1.59. The molecule has 1 N–H and O–H groups in total. The van der Waals surface area contributed by atoms with Gasteiger partial charge in [-0.15, -0.1) is 18.7 Å². The fraction of sp³-hybridized carbons (Fsp3) is 0.154. The van der Waals surface area contributed by atoms with Crippen LogP contribution in [-0.2, 0) is 0 Å². The molecule has 2 aromatic rings. The molecule has 0 aliphatic rings. The molecule has 0 amide bonds. The second-order valence-electron chi connectivity index (χ2n) is 3.98. The number of aromatic nitrogens is 3. The Morgan fingerprint density at radius 2 is 1.95 bits per heavy atom. The molecule has 0 atom stereocenters. The second kappa shape index (κ2) is 7.61. The monoisotopic (exact) mass is 532 g/mol. The number of rotatable bonds is 4. The van der Waals surface area contributed by atoms with Gasteiger partial charge in [0, 0.05) is 0 Å². The molecular weight excluding hydrogens is 523 g/mol. The van der Waals surface area contributed by atoms with Crippen LogP contribution < -0.4 is 4.74 Å². The quantitative estimate of drug-likeness (QED) is 0.487. The van der Waals surface area contributed by atoms with Gasteiger partial charge < -0.3 is 15.9 Å². The van der Waals surface area contributed by atoms with Crippen molar-refractivity contribution >= 4 is 5.71 Å². The number of ether oxygens (including phenoxy) is 1. The van der Waals surface area contributed by atoms with E-state index in [1.54, 1.807) is 6.92 Å². The van der Waals surface area contributed by atoms with Crippen LogP contribution in [0, 0.1) is 44.1 Å². The molecule has 0 aliphatic heterocycles. The van der Waals surface area contributed by atoms with Crippen LogP contribution in [0.3, 0.4) is 0 Å². The van der Waals surface area contributed by atoms with Gasteiger partial charge in [0.2, 0.25) is 0 Å². The number of aromatic amines is 1. The van der Waals surface area contributed by atoms with Crippen LogP contribution in [0.25, 0.3) is 5.41 Å². The van der Waals surface area contributed by atoms with Gasteiger partial charge in [-0.05, 0) is 19.1 Å². The SMILES string of the molecule is Cc1n[nH]c([C-]=CC(=[N-])c2ccc(OC(F)(F)F)cc2)n1.[U+2]. The minimum absolute atomic E-state index is 0. The Balaban J connectivity index is 0.00000242. The summed E-state index contributed by atoms with van der Waals surface area (Å²) in [6.45, 7) is 1.69. The molecule has 1 aromatic heterocycles. The van der Waals surface area contributed by atoms with E-state index >= 15 is 0 Å². The van der Waals surface area contributed by atoms with Crippen LogP contribution in [0.2, 0.25) is 0 Å². The van der Waals surface area contributed by atoms with Gasteiger partial charge >= 0.3 is 37.5 Å². The predicted octanol–water partition coefficient (Wildman–Crippen LogP) is 2.78. The van der Waals surface area contributed by atoms with Crippen LogP contribution in [-0.4, -0.2) is 27.3 Å². The van der Waals surface area contributed by atoms with E-state index in [2.05, 4.69) is 26.0 Å². The maximum atomic E-state index is 12.0. The Bertz CT molecular complexity index is 665. The number of aryl methyl sites for hydroxylation is 1. The first-order valence-corrected chi connectivity index (χ1v) is 5.74. The fourth-order valence-corrected chi connectivity index (χ4v) is 1.46. The molecule has 5 nitrogen and oxygen atoms in total. The molecule has 0 radical (unpaired) electrons. The minimum atomic E-state index is -4.74. The summed E-state index contributed by atoms with van der Waals surface area (Å²) >= 11 is 0. The summed E-state index contributed by atoms with van der Waals surface area (Å²) in [7, 11) is 0. The molecule has 0 fully saturated rings.